The van der Waals surface area contributed by atoms with Crippen LogP contribution in [0.3, 0.4) is 0 Å². The monoisotopic (exact) mass is 257 g/mol. The molecule has 6 heteroatoms. The predicted octanol–water partition coefficient (Wildman–Crippen LogP) is 0.934. The number of carbonyl (C=O) groups excluding carboxylic acids is 1. The van der Waals surface area contributed by atoms with E-state index in [9.17, 15) is 4.79 Å². The van der Waals surface area contributed by atoms with Gasteiger partial charge in [-0.3, -0.25) is 4.79 Å². The topological polar surface area (TPSA) is 70.1 Å². The summed E-state index contributed by atoms with van der Waals surface area (Å²) < 4.78 is 6.82. The van der Waals surface area contributed by atoms with Gasteiger partial charge in [-0.05, 0) is 19.1 Å². The molecule has 5 nitrogen and oxygen atoms in total. The maximum Gasteiger partial charge on any atom is 0.322 e. The zero-order chi connectivity index (χ0) is 12.7. The molecule has 2 N–H and O–H groups in total. The van der Waals surface area contributed by atoms with Crippen LogP contribution in [-0.2, 0) is 22.3 Å². The lowest BCUT2D eigenvalue weighted by Gasteiger charge is -2.09. The molecule has 0 aliphatic heterocycles. The second-order valence-electron chi connectivity index (χ2n) is 3.70. The summed E-state index contributed by atoms with van der Waals surface area (Å²) >= 11 is 1.74. The molecule has 1 aromatic heterocycles. The molecular weight excluding hydrogens is 238 g/mol. The maximum absolute atomic E-state index is 11.2. The maximum atomic E-state index is 11.2. The number of carbonyl (C=O) groups is 1. The van der Waals surface area contributed by atoms with Crippen molar-refractivity contribution >= 4 is 17.7 Å². The van der Waals surface area contributed by atoms with Crippen LogP contribution in [0.2, 0.25) is 0 Å². The van der Waals surface area contributed by atoms with Crippen molar-refractivity contribution in [2.24, 2.45) is 12.8 Å². The van der Waals surface area contributed by atoms with E-state index < -0.39 is 6.04 Å². The molecule has 0 aliphatic carbocycles. The van der Waals surface area contributed by atoms with Gasteiger partial charge in [-0.1, -0.05) is 0 Å². The van der Waals surface area contributed by atoms with E-state index in [2.05, 4.69) is 4.98 Å². The zero-order valence-electron chi connectivity index (χ0n) is 10.3. The minimum atomic E-state index is -0.506. The molecule has 0 aromatic carbocycles. The van der Waals surface area contributed by atoms with Crippen molar-refractivity contribution < 1.29 is 9.53 Å². The van der Waals surface area contributed by atoms with Gasteiger partial charge in [-0.2, -0.15) is 11.8 Å². The van der Waals surface area contributed by atoms with Gasteiger partial charge >= 0.3 is 5.97 Å². The van der Waals surface area contributed by atoms with Gasteiger partial charge in [0.1, 0.15) is 6.04 Å². The number of thioether (sulfide) groups is 1. The number of imidazole rings is 1. The molecule has 0 radical (unpaired) electrons. The van der Waals surface area contributed by atoms with Crippen LogP contribution in [-0.4, -0.2) is 33.9 Å². The van der Waals surface area contributed by atoms with E-state index >= 15 is 0 Å². The molecule has 1 atom stereocenters. The molecular formula is C11H19N3O2S. The Morgan fingerprint density at radius 2 is 2.47 bits per heavy atom. The lowest BCUT2D eigenvalue weighted by Crippen LogP contribution is -2.32. The molecule has 0 bridgehead atoms. The van der Waals surface area contributed by atoms with Crippen LogP contribution >= 0.6 is 11.8 Å². The van der Waals surface area contributed by atoms with E-state index in [0.29, 0.717) is 13.0 Å². The van der Waals surface area contributed by atoms with Crippen molar-refractivity contribution in [3.8, 4) is 0 Å². The van der Waals surface area contributed by atoms with E-state index in [1.54, 1.807) is 25.0 Å². The largest absolute Gasteiger partial charge is 0.465 e. The average molecular weight is 257 g/mol. The molecule has 0 aliphatic rings. The molecule has 1 heterocycles. The third-order valence-electron chi connectivity index (χ3n) is 2.33. The van der Waals surface area contributed by atoms with Crippen molar-refractivity contribution in [2.75, 3.05) is 12.4 Å². The van der Waals surface area contributed by atoms with Gasteiger partial charge in [0.25, 0.3) is 0 Å². The summed E-state index contributed by atoms with van der Waals surface area (Å²) in [5.41, 5.74) is 6.85. The summed E-state index contributed by atoms with van der Waals surface area (Å²) in [5.74, 6) is 1.41. The van der Waals surface area contributed by atoms with E-state index in [1.165, 1.54) is 5.69 Å². The molecule has 96 valence electrons. The normalized spacial score (nSPS) is 12.4. The Hall–Kier alpha value is -1.01. The van der Waals surface area contributed by atoms with E-state index in [4.69, 9.17) is 10.5 Å². The Labute approximate surface area is 106 Å². The highest BCUT2D eigenvalue weighted by Gasteiger charge is 2.13. The number of aromatic nitrogens is 2. The van der Waals surface area contributed by atoms with Crippen LogP contribution in [0.15, 0.2) is 12.5 Å². The van der Waals surface area contributed by atoms with E-state index in [1.807, 2.05) is 17.8 Å². The highest BCUT2D eigenvalue weighted by molar-refractivity contribution is 7.98. The number of nitrogens with two attached hydrogens (primary N) is 1. The molecule has 0 saturated carbocycles. The Morgan fingerprint density at radius 3 is 3.06 bits per heavy atom. The summed E-state index contributed by atoms with van der Waals surface area (Å²) in [5, 5.41) is 0. The fraction of sp³-hybridized carbons (Fsp3) is 0.636. The Kier molecular flexibility index (Phi) is 6.07. The van der Waals surface area contributed by atoms with E-state index in [0.717, 1.165) is 11.5 Å². The van der Waals surface area contributed by atoms with Crippen LogP contribution < -0.4 is 5.73 Å². The molecule has 0 fully saturated rings. The SMILES string of the molecule is CCOC(=O)C(N)CCSCc1cncn1C. The smallest absolute Gasteiger partial charge is 0.322 e. The third-order valence-corrected chi connectivity index (χ3v) is 3.35. The minimum absolute atomic E-state index is 0.311. The first-order valence-corrected chi connectivity index (χ1v) is 6.75. The number of aryl methyl sites for hydroxylation is 1. The van der Waals surface area contributed by atoms with Crippen molar-refractivity contribution in [1.82, 2.24) is 9.55 Å². The lowest BCUT2D eigenvalue weighted by molar-refractivity contribution is -0.144. The predicted molar refractivity (Wildman–Crippen MR) is 68.6 cm³/mol. The van der Waals surface area contributed by atoms with Crippen molar-refractivity contribution in [3.63, 3.8) is 0 Å². The molecule has 1 rings (SSSR count). The highest BCUT2D eigenvalue weighted by Crippen LogP contribution is 2.12. The molecule has 0 spiro atoms. The zero-order valence-corrected chi connectivity index (χ0v) is 11.1. The molecule has 1 aromatic rings. The standard InChI is InChI=1S/C11H19N3O2S/c1-3-16-11(15)10(12)4-5-17-7-9-6-13-8-14(9)2/h6,8,10H,3-5,7,12H2,1-2H3. The number of esters is 1. The number of hydrogen-bond acceptors (Lipinski definition) is 5. The van der Waals surface area contributed by atoms with Gasteiger partial charge in [-0.15, -0.1) is 0 Å². The minimum Gasteiger partial charge on any atom is -0.465 e. The Bertz CT molecular complexity index is 354. The Balaban J connectivity index is 2.16. The van der Waals surface area contributed by atoms with Crippen molar-refractivity contribution in [3.05, 3.63) is 18.2 Å². The molecule has 1 unspecified atom stereocenters. The first-order chi connectivity index (χ1) is 8.15. The number of nitrogens with zero attached hydrogens (tertiary/aromatic N) is 2. The second kappa shape index (κ2) is 7.34. The van der Waals surface area contributed by atoms with Gasteiger partial charge in [0.15, 0.2) is 0 Å². The van der Waals surface area contributed by atoms with Crippen LogP contribution in [0, 0.1) is 0 Å². The van der Waals surface area contributed by atoms with Gasteiger partial charge in [-0.25, -0.2) is 4.98 Å². The summed E-state index contributed by atoms with van der Waals surface area (Å²) in [6.07, 6.45) is 4.26. The lowest BCUT2D eigenvalue weighted by atomic mass is 10.2. The number of hydrogen-bond donors (Lipinski definition) is 1. The van der Waals surface area contributed by atoms with Gasteiger partial charge in [0.05, 0.1) is 12.9 Å². The second-order valence-corrected chi connectivity index (χ2v) is 4.80. The highest BCUT2D eigenvalue weighted by atomic mass is 32.2. The summed E-state index contributed by atoms with van der Waals surface area (Å²) in [6.45, 7) is 2.16. The van der Waals surface area contributed by atoms with Gasteiger partial charge in [0, 0.05) is 24.7 Å². The average Bonchev–Trinajstić information content (AvgIpc) is 2.70. The quantitative estimate of drug-likeness (QED) is 0.581. The number of ether oxygens (including phenoxy) is 1. The van der Waals surface area contributed by atoms with E-state index in [-0.39, 0.29) is 5.97 Å². The van der Waals surface area contributed by atoms with Crippen LogP contribution in [0.5, 0.6) is 0 Å². The summed E-state index contributed by atoms with van der Waals surface area (Å²) in [6, 6.07) is -0.506. The van der Waals surface area contributed by atoms with Crippen molar-refractivity contribution in [2.45, 2.75) is 25.1 Å². The third kappa shape index (κ3) is 4.79. The fourth-order valence-corrected chi connectivity index (χ4v) is 2.33. The first kappa shape index (κ1) is 14.1. The Morgan fingerprint density at radius 1 is 1.71 bits per heavy atom. The van der Waals surface area contributed by atoms with Crippen molar-refractivity contribution in [1.29, 1.82) is 0 Å². The van der Waals surface area contributed by atoms with Gasteiger partial charge in [0.2, 0.25) is 0 Å². The summed E-state index contributed by atoms with van der Waals surface area (Å²) in [7, 11) is 1.97. The fourth-order valence-electron chi connectivity index (χ4n) is 1.28. The molecule has 17 heavy (non-hydrogen) atoms. The first-order valence-electron chi connectivity index (χ1n) is 5.60. The number of rotatable bonds is 7. The van der Waals surface area contributed by atoms with Crippen LogP contribution in [0.25, 0.3) is 0 Å². The summed E-state index contributed by atoms with van der Waals surface area (Å²) in [4.78, 5) is 15.3. The molecule has 0 saturated heterocycles. The molecule has 0 amide bonds. The van der Waals surface area contributed by atoms with Gasteiger partial charge < -0.3 is 15.0 Å². The van der Waals surface area contributed by atoms with Crippen LogP contribution in [0.4, 0.5) is 0 Å². The van der Waals surface area contributed by atoms with Crippen LogP contribution in [0.1, 0.15) is 19.0 Å².